The Morgan fingerprint density at radius 2 is 1.88 bits per heavy atom. The van der Waals surface area contributed by atoms with Crippen LogP contribution < -0.4 is 22.3 Å². The van der Waals surface area contributed by atoms with Gasteiger partial charge in [0.25, 0.3) is 0 Å². The zero-order valence-electron chi connectivity index (χ0n) is 13.9. The normalized spacial score (nSPS) is 19.5. The minimum Gasteiger partial charge on any atom is -1.00 e. The molecule has 0 amide bonds. The molecular formula is C19H20Br2N2OS. The maximum atomic E-state index is 11.3. The summed E-state index contributed by atoms with van der Waals surface area (Å²) in [7, 11) is 0. The molecule has 1 heterocycles. The zero-order valence-corrected chi connectivity index (χ0v) is 17.9. The maximum Gasteiger partial charge on any atom is 0.314 e. The van der Waals surface area contributed by atoms with E-state index >= 15 is 0 Å². The number of benzene rings is 2. The molecule has 0 bridgehead atoms. The van der Waals surface area contributed by atoms with Crippen LogP contribution >= 0.6 is 27.7 Å². The molecule has 1 unspecified atom stereocenters. The van der Waals surface area contributed by atoms with Crippen LogP contribution in [0.15, 0.2) is 65.7 Å². The van der Waals surface area contributed by atoms with Gasteiger partial charge in [0.2, 0.25) is 5.72 Å². The minimum atomic E-state index is -1.05. The summed E-state index contributed by atoms with van der Waals surface area (Å²) in [4.78, 5) is 0. The van der Waals surface area contributed by atoms with Gasteiger partial charge in [-0.15, -0.1) is 0 Å². The number of aryl methyl sites for hydroxylation is 1. The number of aliphatic hydroxyl groups is 1. The standard InChI is InChI=1S/C19H19BrN2OS.BrH/c1-3-12-22-18(21-17-10-4-14(2)5-11-17)24-13-19(22,23)15-6-8-16(20)9-7-15;/h3-11,23H,1,12-13H2,2H3;1H. The lowest BCUT2D eigenvalue weighted by atomic mass is 10.0. The van der Waals surface area contributed by atoms with Crippen LogP contribution in [0.25, 0.3) is 0 Å². The highest BCUT2D eigenvalue weighted by molar-refractivity contribution is 9.10. The molecule has 3 rings (SSSR count). The molecule has 3 nitrogen and oxygen atoms in total. The topological polar surface area (TPSA) is 35.3 Å². The Bertz CT molecular complexity index is 775. The van der Waals surface area contributed by atoms with Crippen LogP contribution in [-0.2, 0) is 5.72 Å². The van der Waals surface area contributed by atoms with Gasteiger partial charge in [0.05, 0.1) is 5.75 Å². The summed E-state index contributed by atoms with van der Waals surface area (Å²) in [5.74, 6) is 0.566. The molecule has 0 saturated heterocycles. The Kier molecular flexibility index (Phi) is 6.91. The first kappa shape index (κ1) is 20.2. The van der Waals surface area contributed by atoms with Crippen molar-refractivity contribution in [3.8, 4) is 0 Å². The molecule has 132 valence electrons. The fourth-order valence-electron chi connectivity index (χ4n) is 2.68. The average Bonchev–Trinajstić information content (AvgIpc) is 2.88. The van der Waals surface area contributed by atoms with E-state index in [2.05, 4.69) is 46.9 Å². The Hall–Kier alpha value is -1.08. The summed E-state index contributed by atoms with van der Waals surface area (Å²) in [6.07, 6.45) is 1.81. The quantitative estimate of drug-likeness (QED) is 0.508. The van der Waals surface area contributed by atoms with Gasteiger partial charge in [0.1, 0.15) is 12.2 Å². The molecular weight excluding hydrogens is 464 g/mol. The van der Waals surface area contributed by atoms with Crippen LogP contribution in [0, 0.1) is 6.92 Å². The second kappa shape index (κ2) is 8.54. The van der Waals surface area contributed by atoms with Crippen LogP contribution in [-0.4, -0.2) is 27.1 Å². The number of rotatable bonds is 4. The van der Waals surface area contributed by atoms with Crippen LogP contribution in [0.4, 0.5) is 5.69 Å². The molecule has 1 aliphatic heterocycles. The van der Waals surface area contributed by atoms with E-state index in [4.69, 9.17) is 0 Å². The summed E-state index contributed by atoms with van der Waals surface area (Å²) in [6.45, 7) is 6.47. The number of halogens is 2. The largest absolute Gasteiger partial charge is 1.00 e. The molecule has 6 heteroatoms. The van der Waals surface area contributed by atoms with Crippen LogP contribution in [0.1, 0.15) is 11.1 Å². The van der Waals surface area contributed by atoms with Crippen molar-refractivity contribution in [3.63, 3.8) is 0 Å². The van der Waals surface area contributed by atoms with Crippen molar-refractivity contribution in [2.45, 2.75) is 12.6 Å². The molecule has 25 heavy (non-hydrogen) atoms. The summed E-state index contributed by atoms with van der Waals surface area (Å²) in [5.41, 5.74) is 2.06. The fraction of sp³-hybridized carbons (Fsp3) is 0.211. The van der Waals surface area contributed by atoms with Gasteiger partial charge in [0, 0.05) is 10.0 Å². The second-order valence-electron chi connectivity index (χ2n) is 5.81. The Balaban J connectivity index is 0.00000225. The Labute approximate surface area is 171 Å². The lowest BCUT2D eigenvalue weighted by Gasteiger charge is -2.23. The highest BCUT2D eigenvalue weighted by Gasteiger charge is 2.45. The van der Waals surface area contributed by atoms with Crippen LogP contribution in [0.3, 0.4) is 0 Å². The van der Waals surface area contributed by atoms with Crippen molar-refractivity contribution in [1.29, 1.82) is 0 Å². The van der Waals surface area contributed by atoms with E-state index in [1.54, 1.807) is 11.8 Å². The molecule has 0 aromatic heterocycles. The highest BCUT2D eigenvalue weighted by Crippen LogP contribution is 2.35. The smallest absolute Gasteiger partial charge is 0.314 e. The van der Waals surface area contributed by atoms with Crippen molar-refractivity contribution >= 4 is 38.5 Å². The number of nitrogens with zero attached hydrogens (tertiary/aromatic N) is 1. The van der Waals surface area contributed by atoms with Crippen molar-refractivity contribution in [2.75, 3.05) is 17.6 Å². The number of amidine groups is 1. The van der Waals surface area contributed by atoms with Gasteiger partial charge in [-0.05, 0) is 43.0 Å². The van der Waals surface area contributed by atoms with Gasteiger partial charge in [0.15, 0.2) is 0 Å². The monoisotopic (exact) mass is 482 g/mol. The summed E-state index contributed by atoms with van der Waals surface area (Å²) in [5, 5.41) is 15.7. The summed E-state index contributed by atoms with van der Waals surface area (Å²) >= 11 is 5.06. The first-order chi connectivity index (χ1) is 11.5. The number of hydrogen-bond acceptors (Lipinski definition) is 3. The predicted octanol–water partition coefficient (Wildman–Crippen LogP) is 1.32. The van der Waals surface area contributed by atoms with Gasteiger partial charge >= 0.3 is 5.17 Å². The minimum absolute atomic E-state index is 0. The summed E-state index contributed by atoms with van der Waals surface area (Å²) < 4.78 is 2.96. The first-order valence-electron chi connectivity index (χ1n) is 7.73. The molecule has 0 fully saturated rings. The molecule has 1 atom stereocenters. The van der Waals surface area contributed by atoms with Gasteiger partial charge in [-0.1, -0.05) is 58.4 Å². The number of thioether (sulfide) groups is 1. The molecule has 0 radical (unpaired) electrons. The molecule has 0 spiro atoms. The van der Waals surface area contributed by atoms with E-state index in [0.717, 1.165) is 20.9 Å². The van der Waals surface area contributed by atoms with Crippen molar-refractivity contribution < 1.29 is 26.7 Å². The van der Waals surface area contributed by atoms with E-state index in [1.165, 1.54) is 5.56 Å². The average molecular weight is 484 g/mol. The third-order valence-corrected chi connectivity index (χ3v) is 5.69. The van der Waals surface area contributed by atoms with E-state index in [0.29, 0.717) is 12.3 Å². The molecule has 2 aromatic rings. The number of nitrogens with one attached hydrogen (secondary N) is 1. The van der Waals surface area contributed by atoms with Gasteiger partial charge in [-0.2, -0.15) is 0 Å². The van der Waals surface area contributed by atoms with Crippen molar-refractivity contribution in [2.24, 2.45) is 0 Å². The van der Waals surface area contributed by atoms with E-state index in [9.17, 15) is 5.11 Å². The SMILES string of the molecule is C=CC[N+]1=C(Nc2ccc(C)cc2)SCC1(O)c1ccc(Br)cc1.[Br-]. The van der Waals surface area contributed by atoms with Crippen LogP contribution in [0.5, 0.6) is 0 Å². The van der Waals surface area contributed by atoms with E-state index in [1.807, 2.05) is 47.0 Å². The number of hydrogen-bond donors (Lipinski definition) is 2. The first-order valence-corrected chi connectivity index (χ1v) is 9.51. The molecule has 0 saturated carbocycles. The molecule has 1 aliphatic rings. The highest BCUT2D eigenvalue weighted by atomic mass is 79.9. The Morgan fingerprint density at radius 3 is 2.48 bits per heavy atom. The molecule has 0 aliphatic carbocycles. The molecule has 2 N–H and O–H groups in total. The van der Waals surface area contributed by atoms with E-state index < -0.39 is 5.72 Å². The molecule has 2 aromatic carbocycles. The zero-order chi connectivity index (χ0) is 17.2. The third-order valence-electron chi connectivity index (χ3n) is 4.02. The number of anilines is 1. The predicted molar refractivity (Wildman–Crippen MR) is 106 cm³/mol. The van der Waals surface area contributed by atoms with Crippen molar-refractivity contribution in [1.82, 2.24) is 0 Å². The lowest BCUT2D eigenvalue weighted by molar-refractivity contribution is -0.650. The second-order valence-corrected chi connectivity index (χ2v) is 7.69. The fourth-order valence-corrected chi connectivity index (χ4v) is 4.17. The Morgan fingerprint density at radius 1 is 1.24 bits per heavy atom. The summed E-state index contributed by atoms with van der Waals surface area (Å²) in [6, 6.07) is 16.1. The van der Waals surface area contributed by atoms with Crippen LogP contribution in [0.2, 0.25) is 0 Å². The van der Waals surface area contributed by atoms with Crippen molar-refractivity contribution in [3.05, 3.63) is 76.8 Å². The lowest BCUT2D eigenvalue weighted by Crippen LogP contribution is -3.00. The third kappa shape index (κ3) is 4.37. The van der Waals surface area contributed by atoms with E-state index in [-0.39, 0.29) is 17.0 Å². The van der Waals surface area contributed by atoms with Gasteiger partial charge < -0.3 is 22.1 Å². The van der Waals surface area contributed by atoms with Gasteiger partial charge in [-0.25, -0.2) is 9.89 Å². The maximum absolute atomic E-state index is 11.3. The van der Waals surface area contributed by atoms with Gasteiger partial charge in [-0.3, -0.25) is 0 Å².